The number of anilines is 1. The Labute approximate surface area is 177 Å². The van der Waals surface area contributed by atoms with E-state index in [4.69, 9.17) is 11.6 Å². The predicted octanol–water partition coefficient (Wildman–Crippen LogP) is 2.61. The van der Waals surface area contributed by atoms with Crippen LogP contribution >= 0.6 is 11.6 Å². The topological polar surface area (TPSA) is 100 Å². The minimum absolute atomic E-state index is 0.0949. The Morgan fingerprint density at radius 2 is 1.70 bits per heavy atom. The van der Waals surface area contributed by atoms with Gasteiger partial charge in [0.2, 0.25) is 5.91 Å². The van der Waals surface area contributed by atoms with Gasteiger partial charge in [-0.15, -0.1) is 0 Å². The summed E-state index contributed by atoms with van der Waals surface area (Å²) in [5.41, 5.74) is 1.36. The van der Waals surface area contributed by atoms with Crippen LogP contribution in [0.2, 0.25) is 5.02 Å². The maximum Gasteiger partial charge on any atom is 0.255 e. The second-order valence-electron chi connectivity index (χ2n) is 6.57. The predicted molar refractivity (Wildman–Crippen MR) is 115 cm³/mol. The van der Waals surface area contributed by atoms with Gasteiger partial charge in [0.15, 0.2) is 0 Å². The van der Waals surface area contributed by atoms with Gasteiger partial charge in [0.05, 0.1) is 12.6 Å². The van der Waals surface area contributed by atoms with Crippen LogP contribution in [0.15, 0.2) is 77.7 Å². The highest BCUT2D eigenvalue weighted by atomic mass is 35.5. The van der Waals surface area contributed by atoms with E-state index in [9.17, 15) is 19.5 Å². The van der Waals surface area contributed by atoms with E-state index in [2.05, 4.69) is 10.6 Å². The van der Waals surface area contributed by atoms with E-state index in [1.807, 2.05) is 0 Å². The lowest BCUT2D eigenvalue weighted by molar-refractivity contribution is -0.116. The van der Waals surface area contributed by atoms with Crippen molar-refractivity contribution in [1.82, 2.24) is 9.88 Å². The van der Waals surface area contributed by atoms with Crippen molar-refractivity contribution in [3.63, 3.8) is 0 Å². The highest BCUT2D eigenvalue weighted by Crippen LogP contribution is 2.14. The Balaban J connectivity index is 1.60. The van der Waals surface area contributed by atoms with Gasteiger partial charge in [-0.1, -0.05) is 17.7 Å². The van der Waals surface area contributed by atoms with Crippen molar-refractivity contribution in [1.29, 1.82) is 0 Å². The molecule has 3 rings (SSSR count). The fourth-order valence-corrected chi connectivity index (χ4v) is 2.94. The number of hydrogen-bond acceptors (Lipinski definition) is 4. The molecule has 0 aliphatic carbocycles. The van der Waals surface area contributed by atoms with E-state index in [1.165, 1.54) is 10.6 Å². The number of aromatic nitrogens is 1. The molecular weight excluding hydrogens is 406 g/mol. The number of aliphatic hydroxyl groups excluding tert-OH is 1. The molecule has 0 radical (unpaired) electrons. The number of halogens is 1. The van der Waals surface area contributed by atoms with Crippen molar-refractivity contribution in [3.8, 4) is 5.69 Å². The summed E-state index contributed by atoms with van der Waals surface area (Å²) in [5, 5.41) is 15.4. The molecule has 2 aromatic carbocycles. The standard InChI is InChI=1S/C22H20ClN3O4/c23-16-6-8-17(9-7-16)24-20(28)13-18(14-27)25-22(30)15-4-10-19(11-5-15)26-12-2-1-3-21(26)29/h1-12,18,27H,13-14H2,(H,24,28)(H,25,30). The smallest absolute Gasteiger partial charge is 0.255 e. The van der Waals surface area contributed by atoms with E-state index in [1.54, 1.807) is 66.9 Å². The highest BCUT2D eigenvalue weighted by Gasteiger charge is 2.17. The fraction of sp³-hybridized carbons (Fsp3) is 0.136. The van der Waals surface area contributed by atoms with Crippen LogP contribution in [0.4, 0.5) is 5.69 Å². The largest absolute Gasteiger partial charge is 0.394 e. The third kappa shape index (κ3) is 5.56. The van der Waals surface area contributed by atoms with E-state index < -0.39 is 18.6 Å². The van der Waals surface area contributed by atoms with Gasteiger partial charge in [-0.3, -0.25) is 19.0 Å². The van der Waals surface area contributed by atoms with Gasteiger partial charge in [0.1, 0.15) is 0 Å². The molecule has 1 aromatic heterocycles. The average molecular weight is 426 g/mol. The molecule has 30 heavy (non-hydrogen) atoms. The van der Waals surface area contributed by atoms with Crippen molar-refractivity contribution in [3.05, 3.63) is 93.9 Å². The van der Waals surface area contributed by atoms with Crippen LogP contribution < -0.4 is 16.2 Å². The normalized spacial score (nSPS) is 11.5. The zero-order valence-electron chi connectivity index (χ0n) is 15.9. The lowest BCUT2D eigenvalue weighted by atomic mass is 10.1. The Hall–Kier alpha value is -3.42. The number of carbonyl (C=O) groups is 2. The first-order valence-corrected chi connectivity index (χ1v) is 9.59. The van der Waals surface area contributed by atoms with Crippen LogP contribution in [-0.4, -0.2) is 34.1 Å². The zero-order valence-corrected chi connectivity index (χ0v) is 16.7. The SMILES string of the molecule is O=C(CC(CO)NC(=O)c1ccc(-n2ccccc2=O)cc1)Nc1ccc(Cl)cc1. The summed E-state index contributed by atoms with van der Waals surface area (Å²) in [6, 6.07) is 17.2. The molecule has 0 aliphatic rings. The Morgan fingerprint density at radius 3 is 2.33 bits per heavy atom. The van der Waals surface area contributed by atoms with E-state index in [-0.39, 0.29) is 17.9 Å². The van der Waals surface area contributed by atoms with Gasteiger partial charge in [-0.05, 0) is 54.6 Å². The minimum atomic E-state index is -0.749. The first-order valence-electron chi connectivity index (χ1n) is 9.21. The van der Waals surface area contributed by atoms with Gasteiger partial charge in [0, 0.05) is 40.6 Å². The van der Waals surface area contributed by atoms with Crippen LogP contribution in [-0.2, 0) is 4.79 Å². The summed E-state index contributed by atoms with van der Waals surface area (Å²) in [6.07, 6.45) is 1.54. The molecule has 0 spiro atoms. The van der Waals surface area contributed by atoms with Crippen LogP contribution in [0.5, 0.6) is 0 Å². The van der Waals surface area contributed by atoms with Gasteiger partial charge < -0.3 is 15.7 Å². The second-order valence-corrected chi connectivity index (χ2v) is 7.00. The van der Waals surface area contributed by atoms with Crippen molar-refractivity contribution < 1.29 is 14.7 Å². The summed E-state index contributed by atoms with van der Waals surface area (Å²) in [5.74, 6) is -0.782. The van der Waals surface area contributed by atoms with E-state index in [0.29, 0.717) is 22.0 Å². The van der Waals surface area contributed by atoms with Gasteiger partial charge in [-0.2, -0.15) is 0 Å². The first-order chi connectivity index (χ1) is 14.5. The van der Waals surface area contributed by atoms with Crippen LogP contribution in [0.1, 0.15) is 16.8 Å². The molecule has 1 heterocycles. The summed E-state index contributed by atoms with van der Waals surface area (Å²) in [6.45, 7) is -0.392. The fourth-order valence-electron chi connectivity index (χ4n) is 2.81. The lowest BCUT2D eigenvalue weighted by Crippen LogP contribution is -2.40. The summed E-state index contributed by atoms with van der Waals surface area (Å²) in [7, 11) is 0. The number of carbonyl (C=O) groups excluding carboxylic acids is 2. The average Bonchev–Trinajstić information content (AvgIpc) is 2.75. The molecule has 0 aliphatic heterocycles. The highest BCUT2D eigenvalue weighted by molar-refractivity contribution is 6.30. The number of aliphatic hydroxyl groups is 1. The van der Waals surface area contributed by atoms with Crippen LogP contribution in [0, 0.1) is 0 Å². The molecule has 0 bridgehead atoms. The number of benzene rings is 2. The molecule has 1 atom stereocenters. The molecule has 3 aromatic rings. The van der Waals surface area contributed by atoms with Crippen molar-refractivity contribution in [2.24, 2.45) is 0 Å². The quantitative estimate of drug-likeness (QED) is 0.541. The number of nitrogens with one attached hydrogen (secondary N) is 2. The van der Waals surface area contributed by atoms with Crippen molar-refractivity contribution in [2.45, 2.75) is 12.5 Å². The monoisotopic (exact) mass is 425 g/mol. The Morgan fingerprint density at radius 1 is 1.00 bits per heavy atom. The molecule has 7 nitrogen and oxygen atoms in total. The zero-order chi connectivity index (χ0) is 21.5. The summed E-state index contributed by atoms with van der Waals surface area (Å²) < 4.78 is 1.46. The third-order valence-corrected chi connectivity index (χ3v) is 4.60. The van der Waals surface area contributed by atoms with Gasteiger partial charge >= 0.3 is 0 Å². The molecule has 154 valence electrons. The molecule has 2 amide bonds. The number of amides is 2. The molecule has 0 saturated heterocycles. The summed E-state index contributed by atoms with van der Waals surface area (Å²) in [4.78, 5) is 36.5. The maximum atomic E-state index is 12.5. The Bertz CT molecular complexity index is 1080. The van der Waals surface area contributed by atoms with Crippen molar-refractivity contribution in [2.75, 3.05) is 11.9 Å². The van der Waals surface area contributed by atoms with E-state index >= 15 is 0 Å². The first kappa shape index (κ1) is 21.3. The molecule has 1 unspecified atom stereocenters. The van der Waals surface area contributed by atoms with Crippen LogP contribution in [0.3, 0.4) is 0 Å². The maximum absolute atomic E-state index is 12.5. The molecular formula is C22H20ClN3O4. The Kier molecular flexibility index (Phi) is 7.00. The molecule has 8 heteroatoms. The molecule has 3 N–H and O–H groups in total. The minimum Gasteiger partial charge on any atom is -0.394 e. The second kappa shape index (κ2) is 9.87. The van der Waals surface area contributed by atoms with Gasteiger partial charge in [0.25, 0.3) is 11.5 Å². The number of rotatable bonds is 7. The number of nitrogens with zero attached hydrogens (tertiary/aromatic N) is 1. The van der Waals surface area contributed by atoms with Gasteiger partial charge in [-0.25, -0.2) is 0 Å². The third-order valence-electron chi connectivity index (χ3n) is 4.35. The number of pyridine rings is 1. The number of hydrogen-bond donors (Lipinski definition) is 3. The van der Waals surface area contributed by atoms with Crippen molar-refractivity contribution >= 4 is 29.1 Å². The summed E-state index contributed by atoms with van der Waals surface area (Å²) >= 11 is 5.81. The van der Waals surface area contributed by atoms with Crippen LogP contribution in [0.25, 0.3) is 5.69 Å². The molecule has 0 saturated carbocycles. The molecule has 0 fully saturated rings. The lowest BCUT2D eigenvalue weighted by Gasteiger charge is -2.16. The van der Waals surface area contributed by atoms with E-state index in [0.717, 1.165) is 0 Å².